The molecule has 0 spiro atoms. The number of carbonyl (C=O) groups excluding carboxylic acids is 1. The van der Waals surface area contributed by atoms with Gasteiger partial charge >= 0.3 is 0 Å². The number of anilines is 1. The van der Waals surface area contributed by atoms with Crippen LogP contribution >= 0.6 is 11.8 Å². The Balaban J connectivity index is 1.45. The Morgan fingerprint density at radius 2 is 1.93 bits per heavy atom. The number of hydrogen-bond acceptors (Lipinski definition) is 6. The van der Waals surface area contributed by atoms with Crippen molar-refractivity contribution in [3.63, 3.8) is 0 Å². The Bertz CT molecular complexity index is 792. The predicted molar refractivity (Wildman–Crippen MR) is 106 cm³/mol. The van der Waals surface area contributed by atoms with Gasteiger partial charge in [0.1, 0.15) is 5.75 Å². The van der Waals surface area contributed by atoms with Crippen molar-refractivity contribution in [1.29, 1.82) is 0 Å². The minimum Gasteiger partial charge on any atom is -0.484 e. The van der Waals surface area contributed by atoms with Gasteiger partial charge in [-0.3, -0.25) is 14.9 Å². The monoisotopic (exact) mass is 387 g/mol. The first kappa shape index (κ1) is 19.0. The fraction of sp³-hybridized carbons (Fsp3) is 0.316. The summed E-state index contributed by atoms with van der Waals surface area (Å²) < 4.78 is 5.32. The molecular weight excluding hydrogens is 366 g/mol. The number of nitro groups is 1. The van der Waals surface area contributed by atoms with Gasteiger partial charge in [-0.2, -0.15) is 11.8 Å². The molecule has 1 N–H and O–H groups in total. The molecule has 2 aromatic rings. The van der Waals surface area contributed by atoms with Gasteiger partial charge in [-0.05, 0) is 23.8 Å². The summed E-state index contributed by atoms with van der Waals surface area (Å²) >= 11 is 1.98. The van der Waals surface area contributed by atoms with Crippen LogP contribution in [0.5, 0.6) is 5.75 Å². The summed E-state index contributed by atoms with van der Waals surface area (Å²) in [6.07, 6.45) is 0. The van der Waals surface area contributed by atoms with Crippen molar-refractivity contribution >= 4 is 29.0 Å². The summed E-state index contributed by atoms with van der Waals surface area (Å²) in [5.74, 6) is 2.33. The first-order valence-electron chi connectivity index (χ1n) is 8.67. The summed E-state index contributed by atoms with van der Waals surface area (Å²) in [7, 11) is 0. The molecule has 1 saturated heterocycles. The fourth-order valence-corrected chi connectivity index (χ4v) is 3.64. The number of thioether (sulfide) groups is 1. The average molecular weight is 387 g/mol. The molecule has 0 aliphatic carbocycles. The number of non-ortho nitro benzene ring substituents is 1. The third-order valence-corrected chi connectivity index (χ3v) is 5.14. The van der Waals surface area contributed by atoms with E-state index in [-0.39, 0.29) is 18.2 Å². The number of nitro benzene ring substituents is 1. The first-order chi connectivity index (χ1) is 13.1. The zero-order chi connectivity index (χ0) is 19.1. The number of nitrogens with one attached hydrogen (secondary N) is 1. The molecule has 0 aromatic heterocycles. The molecule has 142 valence electrons. The smallest absolute Gasteiger partial charge is 0.273 e. The minimum absolute atomic E-state index is 0.0692. The van der Waals surface area contributed by atoms with E-state index in [1.165, 1.54) is 23.9 Å². The van der Waals surface area contributed by atoms with Crippen LogP contribution in [0, 0.1) is 10.1 Å². The number of rotatable bonds is 7. The van der Waals surface area contributed by atoms with Crippen LogP contribution in [0.25, 0.3) is 0 Å². The highest BCUT2D eigenvalue weighted by Gasteiger charge is 2.11. The van der Waals surface area contributed by atoms with E-state index in [1.807, 2.05) is 23.9 Å². The maximum Gasteiger partial charge on any atom is 0.273 e. The van der Waals surface area contributed by atoms with E-state index in [0.717, 1.165) is 30.2 Å². The fourth-order valence-electron chi connectivity index (χ4n) is 2.73. The van der Waals surface area contributed by atoms with Gasteiger partial charge in [0, 0.05) is 42.9 Å². The van der Waals surface area contributed by atoms with Crippen molar-refractivity contribution in [2.24, 2.45) is 0 Å². The highest BCUT2D eigenvalue weighted by Crippen LogP contribution is 2.20. The molecule has 1 aliphatic heterocycles. The van der Waals surface area contributed by atoms with Gasteiger partial charge in [0.05, 0.1) is 11.0 Å². The zero-order valence-corrected chi connectivity index (χ0v) is 15.6. The summed E-state index contributed by atoms with van der Waals surface area (Å²) in [6.45, 7) is 2.35. The van der Waals surface area contributed by atoms with Crippen molar-refractivity contribution in [3.05, 3.63) is 64.2 Å². The number of benzene rings is 2. The minimum atomic E-state index is -0.501. The van der Waals surface area contributed by atoms with Gasteiger partial charge in [-0.25, -0.2) is 0 Å². The maximum absolute atomic E-state index is 11.9. The lowest BCUT2D eigenvalue weighted by molar-refractivity contribution is -0.384. The van der Waals surface area contributed by atoms with Crippen LogP contribution in [0.1, 0.15) is 5.56 Å². The average Bonchev–Trinajstić information content (AvgIpc) is 2.72. The molecule has 1 fully saturated rings. The Morgan fingerprint density at radius 3 is 2.63 bits per heavy atom. The molecule has 0 saturated carbocycles. The highest BCUT2D eigenvalue weighted by molar-refractivity contribution is 7.99. The van der Waals surface area contributed by atoms with Crippen LogP contribution in [0.2, 0.25) is 0 Å². The summed E-state index contributed by atoms with van der Waals surface area (Å²) in [4.78, 5) is 24.6. The second kappa shape index (κ2) is 9.27. The Kier molecular flexibility index (Phi) is 6.54. The quantitative estimate of drug-likeness (QED) is 0.581. The second-order valence-corrected chi connectivity index (χ2v) is 7.31. The van der Waals surface area contributed by atoms with E-state index >= 15 is 0 Å². The van der Waals surface area contributed by atoms with Crippen LogP contribution in [-0.2, 0) is 11.3 Å². The third-order valence-electron chi connectivity index (χ3n) is 4.20. The van der Waals surface area contributed by atoms with Crippen molar-refractivity contribution in [3.8, 4) is 5.75 Å². The van der Waals surface area contributed by atoms with Crippen molar-refractivity contribution < 1.29 is 14.5 Å². The molecule has 8 heteroatoms. The molecule has 0 radical (unpaired) electrons. The normalized spacial score (nSPS) is 13.9. The molecule has 0 unspecified atom stereocenters. The standard InChI is InChI=1S/C19H21N3O4S/c23-19(14-26-18-3-1-2-17(12-18)22(24)25)20-13-15-4-6-16(7-5-15)21-8-10-27-11-9-21/h1-7,12H,8-11,13-14H2,(H,20,23). The molecule has 1 amide bonds. The lowest BCUT2D eigenvalue weighted by atomic mass is 10.2. The van der Waals surface area contributed by atoms with Gasteiger partial charge in [-0.1, -0.05) is 18.2 Å². The first-order valence-corrected chi connectivity index (χ1v) is 9.83. The highest BCUT2D eigenvalue weighted by atomic mass is 32.2. The third kappa shape index (κ3) is 5.62. The molecular formula is C19H21N3O4S. The van der Waals surface area contributed by atoms with E-state index in [0.29, 0.717) is 12.3 Å². The topological polar surface area (TPSA) is 84.7 Å². The zero-order valence-electron chi connectivity index (χ0n) is 14.8. The molecule has 7 nitrogen and oxygen atoms in total. The van der Waals surface area contributed by atoms with E-state index in [9.17, 15) is 14.9 Å². The summed E-state index contributed by atoms with van der Waals surface area (Å²) in [5, 5.41) is 13.5. The lowest BCUT2D eigenvalue weighted by Gasteiger charge is -2.28. The van der Waals surface area contributed by atoms with E-state index in [2.05, 4.69) is 22.3 Å². The Labute approximate surface area is 161 Å². The number of amides is 1. The largest absolute Gasteiger partial charge is 0.484 e. The van der Waals surface area contributed by atoms with Crippen LogP contribution in [0.3, 0.4) is 0 Å². The van der Waals surface area contributed by atoms with E-state index in [4.69, 9.17) is 4.74 Å². The van der Waals surface area contributed by atoms with Gasteiger partial charge in [0.25, 0.3) is 11.6 Å². The molecule has 2 aromatic carbocycles. The number of hydrogen-bond donors (Lipinski definition) is 1. The van der Waals surface area contributed by atoms with Crippen molar-refractivity contribution in [2.75, 3.05) is 36.1 Å². The van der Waals surface area contributed by atoms with Gasteiger partial charge < -0.3 is 15.0 Å². The van der Waals surface area contributed by atoms with Gasteiger partial charge in [0.15, 0.2) is 6.61 Å². The summed E-state index contributed by atoms with van der Waals surface area (Å²) in [6, 6.07) is 14.0. The lowest BCUT2D eigenvalue weighted by Crippen LogP contribution is -2.32. The second-order valence-electron chi connectivity index (χ2n) is 6.09. The molecule has 0 atom stereocenters. The number of carbonyl (C=O) groups is 1. The molecule has 1 heterocycles. The van der Waals surface area contributed by atoms with Crippen molar-refractivity contribution in [1.82, 2.24) is 5.32 Å². The van der Waals surface area contributed by atoms with Gasteiger partial charge in [0.2, 0.25) is 0 Å². The molecule has 3 rings (SSSR count). The molecule has 1 aliphatic rings. The molecule has 0 bridgehead atoms. The number of nitrogens with zero attached hydrogens (tertiary/aromatic N) is 2. The van der Waals surface area contributed by atoms with Crippen LogP contribution < -0.4 is 15.0 Å². The Morgan fingerprint density at radius 1 is 1.19 bits per heavy atom. The van der Waals surface area contributed by atoms with Crippen LogP contribution in [0.4, 0.5) is 11.4 Å². The van der Waals surface area contributed by atoms with Crippen molar-refractivity contribution in [2.45, 2.75) is 6.54 Å². The predicted octanol–water partition coefficient (Wildman–Crippen LogP) is 2.84. The van der Waals surface area contributed by atoms with E-state index in [1.54, 1.807) is 6.07 Å². The van der Waals surface area contributed by atoms with Crippen LogP contribution in [0.15, 0.2) is 48.5 Å². The molecule has 27 heavy (non-hydrogen) atoms. The van der Waals surface area contributed by atoms with E-state index < -0.39 is 4.92 Å². The Hall–Kier alpha value is -2.74. The van der Waals surface area contributed by atoms with Gasteiger partial charge in [-0.15, -0.1) is 0 Å². The maximum atomic E-state index is 11.9. The SMILES string of the molecule is O=C(COc1cccc([N+](=O)[O-])c1)NCc1ccc(N2CCSCC2)cc1. The van der Waals surface area contributed by atoms with Crippen LogP contribution in [-0.4, -0.2) is 42.0 Å². The number of ether oxygens (including phenoxy) is 1. The summed E-state index contributed by atoms with van der Waals surface area (Å²) in [5.41, 5.74) is 2.15.